The molecule has 0 saturated heterocycles. The molecule has 1 N–H and O–H groups in total. The number of aryl methyl sites for hydroxylation is 1. The second-order valence-electron chi connectivity index (χ2n) is 4.03. The van der Waals surface area contributed by atoms with Gasteiger partial charge >= 0.3 is 5.97 Å². The van der Waals surface area contributed by atoms with Crippen LogP contribution in [0, 0.1) is 12.8 Å². The van der Waals surface area contributed by atoms with Crippen molar-refractivity contribution in [1.29, 1.82) is 0 Å². The first-order valence-corrected chi connectivity index (χ1v) is 5.30. The van der Waals surface area contributed by atoms with Gasteiger partial charge in [0.15, 0.2) is 0 Å². The molecular formula is C12H15ClO2. The standard InChI is InChI=1S/C12H15ClO2/c1-7(2)10(12(14)15)11-8(3)5-4-6-9(11)13/h4-7,10H,1-3H3,(H,14,15). The van der Waals surface area contributed by atoms with E-state index in [2.05, 4.69) is 0 Å². The van der Waals surface area contributed by atoms with Crippen LogP contribution in [-0.4, -0.2) is 11.1 Å². The SMILES string of the molecule is Cc1cccc(Cl)c1C(C(=O)O)C(C)C. The fraction of sp³-hybridized carbons (Fsp3) is 0.417. The number of aliphatic carboxylic acids is 1. The van der Waals surface area contributed by atoms with E-state index >= 15 is 0 Å². The van der Waals surface area contributed by atoms with Gasteiger partial charge < -0.3 is 5.11 Å². The molecule has 0 heterocycles. The van der Waals surface area contributed by atoms with Crippen molar-refractivity contribution >= 4 is 17.6 Å². The Kier molecular flexibility index (Phi) is 3.75. The van der Waals surface area contributed by atoms with E-state index in [0.717, 1.165) is 11.1 Å². The third kappa shape index (κ3) is 2.51. The number of carboxylic acids is 1. The van der Waals surface area contributed by atoms with Crippen LogP contribution in [-0.2, 0) is 4.79 Å². The molecule has 1 rings (SSSR count). The van der Waals surface area contributed by atoms with E-state index in [-0.39, 0.29) is 5.92 Å². The second kappa shape index (κ2) is 4.67. The van der Waals surface area contributed by atoms with Crippen LogP contribution in [0.4, 0.5) is 0 Å². The highest BCUT2D eigenvalue weighted by molar-refractivity contribution is 6.31. The first kappa shape index (κ1) is 12.1. The summed E-state index contributed by atoms with van der Waals surface area (Å²) in [5.41, 5.74) is 1.67. The van der Waals surface area contributed by atoms with Gasteiger partial charge in [0, 0.05) is 5.02 Å². The van der Waals surface area contributed by atoms with Crippen LogP contribution in [0.15, 0.2) is 18.2 Å². The molecule has 0 saturated carbocycles. The maximum absolute atomic E-state index is 11.2. The molecule has 0 bridgehead atoms. The van der Waals surface area contributed by atoms with Crippen molar-refractivity contribution in [2.45, 2.75) is 26.7 Å². The highest BCUT2D eigenvalue weighted by atomic mass is 35.5. The van der Waals surface area contributed by atoms with Gasteiger partial charge in [0.25, 0.3) is 0 Å². The fourth-order valence-corrected chi connectivity index (χ4v) is 2.12. The fourth-order valence-electron chi connectivity index (χ4n) is 1.78. The van der Waals surface area contributed by atoms with Gasteiger partial charge in [-0.1, -0.05) is 37.6 Å². The number of hydrogen-bond donors (Lipinski definition) is 1. The first-order chi connectivity index (χ1) is 6.95. The largest absolute Gasteiger partial charge is 0.481 e. The Morgan fingerprint density at radius 3 is 2.40 bits per heavy atom. The van der Waals surface area contributed by atoms with Gasteiger partial charge in [-0.05, 0) is 30.0 Å². The van der Waals surface area contributed by atoms with Crippen molar-refractivity contribution in [3.8, 4) is 0 Å². The van der Waals surface area contributed by atoms with E-state index in [1.54, 1.807) is 6.07 Å². The molecule has 1 unspecified atom stereocenters. The summed E-state index contributed by atoms with van der Waals surface area (Å²) in [4.78, 5) is 11.2. The topological polar surface area (TPSA) is 37.3 Å². The molecule has 82 valence electrons. The minimum atomic E-state index is -0.818. The second-order valence-corrected chi connectivity index (χ2v) is 4.44. The normalized spacial score (nSPS) is 12.9. The van der Waals surface area contributed by atoms with Crippen molar-refractivity contribution < 1.29 is 9.90 Å². The maximum Gasteiger partial charge on any atom is 0.311 e. The van der Waals surface area contributed by atoms with Gasteiger partial charge in [0.05, 0.1) is 5.92 Å². The molecule has 2 nitrogen and oxygen atoms in total. The van der Waals surface area contributed by atoms with E-state index in [4.69, 9.17) is 11.6 Å². The Hall–Kier alpha value is -1.02. The minimum absolute atomic E-state index is 0.0288. The van der Waals surface area contributed by atoms with Crippen LogP contribution < -0.4 is 0 Å². The third-order valence-corrected chi connectivity index (χ3v) is 2.84. The van der Waals surface area contributed by atoms with Crippen molar-refractivity contribution in [2.75, 3.05) is 0 Å². The molecule has 0 amide bonds. The molecule has 3 heteroatoms. The lowest BCUT2D eigenvalue weighted by Gasteiger charge is -2.20. The number of carbonyl (C=O) groups is 1. The molecule has 0 aliphatic heterocycles. The van der Waals surface area contributed by atoms with E-state index < -0.39 is 11.9 Å². The molecule has 0 spiro atoms. The summed E-state index contributed by atoms with van der Waals surface area (Å²) in [6, 6.07) is 5.46. The Morgan fingerprint density at radius 2 is 2.00 bits per heavy atom. The summed E-state index contributed by atoms with van der Waals surface area (Å²) in [5.74, 6) is -1.32. The summed E-state index contributed by atoms with van der Waals surface area (Å²) in [5, 5.41) is 9.73. The quantitative estimate of drug-likeness (QED) is 0.857. The zero-order valence-electron chi connectivity index (χ0n) is 9.12. The zero-order valence-corrected chi connectivity index (χ0v) is 9.88. The molecule has 0 radical (unpaired) electrons. The molecule has 0 fully saturated rings. The van der Waals surface area contributed by atoms with Gasteiger partial charge in [-0.25, -0.2) is 0 Å². The van der Waals surface area contributed by atoms with Crippen LogP contribution in [0.5, 0.6) is 0 Å². The van der Waals surface area contributed by atoms with Crippen molar-refractivity contribution in [1.82, 2.24) is 0 Å². The van der Waals surface area contributed by atoms with Crippen LogP contribution in [0.2, 0.25) is 5.02 Å². The van der Waals surface area contributed by atoms with Gasteiger partial charge in [-0.15, -0.1) is 0 Å². The summed E-state index contributed by atoms with van der Waals surface area (Å²) in [7, 11) is 0. The highest BCUT2D eigenvalue weighted by Crippen LogP contribution is 2.32. The van der Waals surface area contributed by atoms with E-state index in [0.29, 0.717) is 5.02 Å². The van der Waals surface area contributed by atoms with Gasteiger partial charge in [0.1, 0.15) is 0 Å². The Morgan fingerprint density at radius 1 is 1.40 bits per heavy atom. The number of halogens is 1. The molecule has 0 aromatic heterocycles. The van der Waals surface area contributed by atoms with Gasteiger partial charge in [-0.3, -0.25) is 4.79 Å². The number of carboxylic acid groups (broad SMARTS) is 1. The monoisotopic (exact) mass is 226 g/mol. The molecule has 1 aromatic carbocycles. The van der Waals surface area contributed by atoms with Crippen molar-refractivity contribution in [2.24, 2.45) is 5.92 Å². The lowest BCUT2D eigenvalue weighted by molar-refractivity contribution is -0.139. The highest BCUT2D eigenvalue weighted by Gasteiger charge is 2.26. The molecular weight excluding hydrogens is 212 g/mol. The van der Waals surface area contributed by atoms with Gasteiger partial charge in [-0.2, -0.15) is 0 Å². The Balaban J connectivity index is 3.28. The van der Waals surface area contributed by atoms with E-state index in [9.17, 15) is 9.90 Å². The molecule has 1 atom stereocenters. The number of hydrogen-bond acceptors (Lipinski definition) is 1. The van der Waals surface area contributed by atoms with Crippen LogP contribution in [0.3, 0.4) is 0 Å². The van der Waals surface area contributed by atoms with Crippen LogP contribution >= 0.6 is 11.6 Å². The Bertz CT molecular complexity index is 352. The summed E-state index contributed by atoms with van der Waals surface area (Å²) < 4.78 is 0. The smallest absolute Gasteiger partial charge is 0.311 e. The lowest BCUT2D eigenvalue weighted by Crippen LogP contribution is -2.18. The lowest BCUT2D eigenvalue weighted by atomic mass is 9.86. The predicted molar refractivity (Wildman–Crippen MR) is 61.4 cm³/mol. The average molecular weight is 227 g/mol. The average Bonchev–Trinajstić information content (AvgIpc) is 2.09. The molecule has 0 aliphatic carbocycles. The first-order valence-electron chi connectivity index (χ1n) is 4.93. The summed E-state index contributed by atoms with van der Waals surface area (Å²) in [6.45, 7) is 5.67. The molecule has 1 aromatic rings. The van der Waals surface area contributed by atoms with Crippen LogP contribution in [0.25, 0.3) is 0 Å². The predicted octanol–water partition coefficient (Wildman–Crippen LogP) is 3.47. The van der Waals surface area contributed by atoms with E-state index in [1.807, 2.05) is 32.9 Å². The van der Waals surface area contributed by atoms with E-state index in [1.165, 1.54) is 0 Å². The number of benzene rings is 1. The summed E-state index contributed by atoms with van der Waals surface area (Å²) in [6.07, 6.45) is 0. The molecule has 0 aliphatic rings. The maximum atomic E-state index is 11.2. The van der Waals surface area contributed by atoms with Gasteiger partial charge in [0.2, 0.25) is 0 Å². The zero-order chi connectivity index (χ0) is 11.6. The number of rotatable bonds is 3. The van der Waals surface area contributed by atoms with Crippen molar-refractivity contribution in [3.63, 3.8) is 0 Å². The van der Waals surface area contributed by atoms with Crippen LogP contribution in [0.1, 0.15) is 30.9 Å². The van der Waals surface area contributed by atoms with Crippen molar-refractivity contribution in [3.05, 3.63) is 34.3 Å². The third-order valence-electron chi connectivity index (χ3n) is 2.51. The molecule has 15 heavy (non-hydrogen) atoms. The minimum Gasteiger partial charge on any atom is -0.481 e. The summed E-state index contributed by atoms with van der Waals surface area (Å²) >= 11 is 6.05. The Labute approximate surface area is 94.9 Å².